The summed E-state index contributed by atoms with van der Waals surface area (Å²) in [4.78, 5) is -0.593. The number of rotatable bonds is 0. The molecule has 0 atom stereocenters. The molecule has 0 radical (unpaired) electrons. The highest BCUT2D eigenvalue weighted by Gasteiger charge is 2.16. The number of piperazine rings is 1. The highest BCUT2D eigenvalue weighted by Crippen LogP contribution is 1.79. The Morgan fingerprint density at radius 3 is 1.42 bits per heavy atom. The lowest BCUT2D eigenvalue weighted by atomic mass is 10.4. The Kier molecular flexibility index (Phi) is 2.98. The zero-order valence-electron chi connectivity index (χ0n) is 5.86. The first-order valence-corrected chi connectivity index (χ1v) is 5.18. The summed E-state index contributed by atoms with van der Waals surface area (Å²) in [5.41, 5.74) is 0. The second kappa shape index (κ2) is 3.81. The summed E-state index contributed by atoms with van der Waals surface area (Å²) in [6.45, 7) is 0.786. The molecule has 1 fully saturated rings. The molecule has 1 heterocycles. The molecule has 6 nitrogen and oxygen atoms in total. The predicted octanol–water partition coefficient (Wildman–Crippen LogP) is -2.80. The van der Waals surface area contributed by atoms with Crippen LogP contribution in [0.3, 0.4) is 0 Å². The summed E-state index contributed by atoms with van der Waals surface area (Å²) in [6, 6.07) is 0. The Morgan fingerprint density at radius 1 is 0.833 bits per heavy atom. The quantitative estimate of drug-likeness (QED) is 0.419. The van der Waals surface area contributed by atoms with Crippen LogP contribution in [0.4, 0.5) is 0 Å². The molecule has 0 spiro atoms. The normalized spacial score (nSPS) is 17.7. The van der Waals surface area contributed by atoms with E-state index in [1.165, 1.54) is 0 Å². The van der Waals surface area contributed by atoms with Crippen LogP contribution in [-0.4, -0.2) is 39.9 Å². The molecular weight excluding hydrogens is 204 g/mol. The molecule has 1 rings (SSSR count). The van der Waals surface area contributed by atoms with E-state index in [0.717, 1.165) is 0 Å². The summed E-state index contributed by atoms with van der Waals surface area (Å²) in [5, 5.41) is 4.92. The van der Waals surface area contributed by atoms with Gasteiger partial charge in [-0.1, -0.05) is 0 Å². The van der Waals surface area contributed by atoms with Gasteiger partial charge in [-0.05, 0) is 0 Å². The average Bonchev–Trinajstić information content (AvgIpc) is 2.04. The minimum Gasteiger partial charge on any atom is -0.272 e. The second-order valence-corrected chi connectivity index (χ2v) is 3.74. The Bertz CT molecular complexity index is 383. The molecule has 0 unspecified atom stereocenters. The molecule has 12 heavy (non-hydrogen) atoms. The zero-order valence-corrected chi connectivity index (χ0v) is 7.50. The van der Waals surface area contributed by atoms with Gasteiger partial charge in [-0.15, -0.1) is 0 Å². The lowest BCUT2D eigenvalue weighted by molar-refractivity contribution is 0.622. The minimum atomic E-state index is -2.54. The van der Waals surface area contributed by atoms with E-state index in [2.05, 4.69) is 10.6 Å². The van der Waals surface area contributed by atoms with Crippen molar-refractivity contribution in [2.24, 2.45) is 0 Å². The van der Waals surface area contributed by atoms with Crippen molar-refractivity contribution in [3.05, 3.63) is 0 Å². The van der Waals surface area contributed by atoms with Gasteiger partial charge in [-0.3, -0.25) is 10.6 Å². The van der Waals surface area contributed by atoms with E-state index < -0.39 is 20.6 Å². The van der Waals surface area contributed by atoms with Crippen molar-refractivity contribution in [3.8, 4) is 0 Å². The lowest BCUT2D eigenvalue weighted by Crippen LogP contribution is -2.50. The molecule has 0 saturated carbocycles. The van der Waals surface area contributed by atoms with Gasteiger partial charge >= 0.3 is 0 Å². The largest absolute Gasteiger partial charge is 0.272 e. The van der Waals surface area contributed by atoms with E-state index in [0.29, 0.717) is 13.1 Å². The fourth-order valence-electron chi connectivity index (χ4n) is 0.782. The summed E-state index contributed by atoms with van der Waals surface area (Å²) in [7, 11) is -5.08. The van der Waals surface area contributed by atoms with Gasteiger partial charge in [0.15, 0.2) is 9.98 Å². The standard InChI is InChI=1S/C4H6N2O4S2/c7-11(8)3-4(12(9)10)6-2-1-5-3/h5-6H,1-2H2. The first-order valence-electron chi connectivity index (χ1n) is 3.03. The van der Waals surface area contributed by atoms with E-state index >= 15 is 0 Å². The van der Waals surface area contributed by atoms with Gasteiger partial charge in [0.2, 0.25) is 20.6 Å². The average molecular weight is 210 g/mol. The van der Waals surface area contributed by atoms with Gasteiger partial charge in [0.05, 0.1) is 0 Å². The van der Waals surface area contributed by atoms with Crippen LogP contribution in [-0.2, 0) is 20.6 Å². The Hall–Kier alpha value is -0.700. The van der Waals surface area contributed by atoms with Gasteiger partial charge in [0.1, 0.15) is 0 Å². The van der Waals surface area contributed by atoms with Crippen LogP contribution in [0.2, 0.25) is 0 Å². The maximum Gasteiger partial charge on any atom is 0.235 e. The van der Waals surface area contributed by atoms with Crippen LogP contribution >= 0.6 is 0 Å². The molecule has 8 heteroatoms. The first kappa shape index (κ1) is 9.39. The zero-order chi connectivity index (χ0) is 9.14. The molecule has 1 aliphatic heterocycles. The van der Waals surface area contributed by atoms with E-state index in [9.17, 15) is 16.8 Å². The maximum absolute atomic E-state index is 10.4. The third kappa shape index (κ3) is 1.91. The van der Waals surface area contributed by atoms with Crippen LogP contribution in [0, 0.1) is 0 Å². The topological polar surface area (TPSA) is 92.3 Å². The smallest absolute Gasteiger partial charge is 0.235 e. The van der Waals surface area contributed by atoms with Crippen molar-refractivity contribution in [2.75, 3.05) is 13.1 Å². The van der Waals surface area contributed by atoms with Crippen LogP contribution in [0.5, 0.6) is 0 Å². The molecule has 0 amide bonds. The second-order valence-electron chi connectivity index (χ2n) is 1.98. The van der Waals surface area contributed by atoms with E-state index in [4.69, 9.17) is 0 Å². The van der Waals surface area contributed by atoms with Crippen LogP contribution < -0.4 is 10.6 Å². The minimum absolute atomic E-state index is 0.297. The summed E-state index contributed by atoms with van der Waals surface area (Å²) in [6.07, 6.45) is 0. The van der Waals surface area contributed by atoms with Crippen molar-refractivity contribution in [1.29, 1.82) is 0 Å². The Balaban J connectivity index is 3.36. The first-order chi connectivity index (χ1) is 5.63. The highest BCUT2D eigenvalue weighted by atomic mass is 32.2. The summed E-state index contributed by atoms with van der Waals surface area (Å²) >= 11 is 0. The SMILES string of the molecule is O=S(=O)=C1NCCNC1=S(=O)=O. The fourth-order valence-corrected chi connectivity index (χ4v) is 2.08. The van der Waals surface area contributed by atoms with E-state index in [-0.39, 0.29) is 9.98 Å². The van der Waals surface area contributed by atoms with Gasteiger partial charge in [-0.25, -0.2) is 0 Å². The molecule has 1 saturated heterocycles. The lowest BCUT2D eigenvalue weighted by Gasteiger charge is -2.12. The van der Waals surface area contributed by atoms with Gasteiger partial charge in [-0.2, -0.15) is 16.8 Å². The maximum atomic E-state index is 10.4. The monoisotopic (exact) mass is 210 g/mol. The third-order valence-corrected chi connectivity index (χ3v) is 2.73. The van der Waals surface area contributed by atoms with Crippen molar-refractivity contribution in [1.82, 2.24) is 10.6 Å². The van der Waals surface area contributed by atoms with Crippen molar-refractivity contribution in [3.63, 3.8) is 0 Å². The number of hydrogen-bond acceptors (Lipinski definition) is 4. The Labute approximate surface area is 71.7 Å². The molecule has 0 aliphatic carbocycles. The van der Waals surface area contributed by atoms with Crippen molar-refractivity contribution < 1.29 is 16.8 Å². The summed E-state index contributed by atoms with van der Waals surface area (Å²) < 4.78 is 41.7. The molecule has 0 bridgehead atoms. The third-order valence-electron chi connectivity index (χ3n) is 1.24. The molecule has 0 aromatic rings. The van der Waals surface area contributed by atoms with Crippen LogP contribution in [0.25, 0.3) is 0 Å². The van der Waals surface area contributed by atoms with Gasteiger partial charge < -0.3 is 0 Å². The molecule has 0 aromatic carbocycles. The summed E-state index contributed by atoms with van der Waals surface area (Å²) in [5.74, 6) is 0. The van der Waals surface area contributed by atoms with Crippen molar-refractivity contribution in [2.45, 2.75) is 0 Å². The Morgan fingerprint density at radius 2 is 1.17 bits per heavy atom. The molecule has 1 aliphatic rings. The molecule has 68 valence electrons. The fraction of sp³-hybridized carbons (Fsp3) is 0.500. The highest BCUT2D eigenvalue weighted by molar-refractivity contribution is 7.82. The van der Waals surface area contributed by atoms with Crippen LogP contribution in [0.15, 0.2) is 0 Å². The van der Waals surface area contributed by atoms with Crippen LogP contribution in [0.1, 0.15) is 0 Å². The number of nitrogens with one attached hydrogen (secondary N) is 2. The molecular formula is C4H6N2O4S2. The van der Waals surface area contributed by atoms with Gasteiger partial charge in [0.25, 0.3) is 0 Å². The number of hydrogen-bond donors (Lipinski definition) is 2. The predicted molar refractivity (Wildman–Crippen MR) is 43.9 cm³/mol. The molecule has 0 aromatic heterocycles. The van der Waals surface area contributed by atoms with Gasteiger partial charge in [0, 0.05) is 13.1 Å². The van der Waals surface area contributed by atoms with E-state index in [1.807, 2.05) is 0 Å². The van der Waals surface area contributed by atoms with Crippen molar-refractivity contribution >= 4 is 30.6 Å². The molecule has 2 N–H and O–H groups in total. The van der Waals surface area contributed by atoms with E-state index in [1.54, 1.807) is 0 Å².